The molecule has 0 bridgehead atoms. The van der Waals surface area contributed by atoms with Gasteiger partial charge in [0.15, 0.2) is 0 Å². The molecule has 0 heterocycles. The van der Waals surface area contributed by atoms with Crippen LogP contribution in [0.5, 0.6) is 0 Å². The highest BCUT2D eigenvalue weighted by molar-refractivity contribution is 7.89. The fourth-order valence-corrected chi connectivity index (χ4v) is 4.39. The van der Waals surface area contributed by atoms with Crippen LogP contribution in [0.1, 0.15) is 44.6 Å². The largest absolute Gasteiger partial charge is 0.392 e. The molecule has 1 saturated carbocycles. The number of aliphatic hydroxyl groups excluding tert-OH is 1. The Hall–Kier alpha value is -0.910. The summed E-state index contributed by atoms with van der Waals surface area (Å²) in [4.78, 5) is 0.190. The highest BCUT2D eigenvalue weighted by Crippen LogP contribution is 2.30. The van der Waals surface area contributed by atoms with Gasteiger partial charge in [-0.05, 0) is 36.3 Å². The molecule has 0 spiro atoms. The van der Waals surface area contributed by atoms with Crippen molar-refractivity contribution in [1.29, 1.82) is 0 Å². The van der Waals surface area contributed by atoms with E-state index in [1.54, 1.807) is 24.3 Å². The van der Waals surface area contributed by atoms with Crippen LogP contribution in [0.4, 0.5) is 0 Å². The summed E-state index contributed by atoms with van der Waals surface area (Å²) in [6, 6.07) is 6.60. The Morgan fingerprint density at radius 2 is 1.76 bits per heavy atom. The zero-order chi connectivity index (χ0) is 15.3. The first-order chi connectivity index (χ1) is 10.1. The Morgan fingerprint density at radius 1 is 1.14 bits per heavy atom. The van der Waals surface area contributed by atoms with E-state index < -0.39 is 10.0 Å². The van der Waals surface area contributed by atoms with Crippen LogP contribution >= 0.6 is 0 Å². The van der Waals surface area contributed by atoms with E-state index in [4.69, 9.17) is 0 Å². The van der Waals surface area contributed by atoms with Crippen molar-refractivity contribution in [3.63, 3.8) is 0 Å². The topological polar surface area (TPSA) is 66.4 Å². The van der Waals surface area contributed by atoms with Gasteiger partial charge in [-0.2, -0.15) is 0 Å². The summed E-state index contributed by atoms with van der Waals surface area (Å²) in [5, 5.41) is 9.26. The van der Waals surface area contributed by atoms with Crippen molar-refractivity contribution in [2.75, 3.05) is 6.54 Å². The molecule has 2 N–H and O–H groups in total. The van der Waals surface area contributed by atoms with Crippen molar-refractivity contribution >= 4 is 10.0 Å². The molecule has 0 aliphatic heterocycles. The van der Waals surface area contributed by atoms with Crippen LogP contribution in [0.3, 0.4) is 0 Å². The highest BCUT2D eigenvalue weighted by atomic mass is 32.2. The summed E-state index contributed by atoms with van der Waals surface area (Å²) < 4.78 is 27.4. The molecule has 0 unspecified atom stereocenters. The maximum absolute atomic E-state index is 12.4. The summed E-state index contributed by atoms with van der Waals surface area (Å²) in [5.74, 6) is 1.25. The van der Waals surface area contributed by atoms with E-state index in [0.29, 0.717) is 18.0 Å². The Kier molecular flexibility index (Phi) is 5.79. The molecule has 0 saturated heterocycles. The molecule has 0 aromatic heterocycles. The Balaban J connectivity index is 1.96. The second kappa shape index (κ2) is 7.38. The van der Waals surface area contributed by atoms with Gasteiger partial charge in [0.05, 0.1) is 11.5 Å². The normalized spacial score (nSPS) is 23.1. The molecule has 0 radical (unpaired) electrons. The van der Waals surface area contributed by atoms with Crippen LogP contribution in [0.25, 0.3) is 0 Å². The molecule has 118 valence electrons. The zero-order valence-corrected chi connectivity index (χ0v) is 13.4. The molecule has 1 aromatic carbocycles. The molecule has 1 aliphatic rings. The minimum absolute atomic E-state index is 0.190. The van der Waals surface area contributed by atoms with Gasteiger partial charge in [-0.3, -0.25) is 0 Å². The molecule has 0 atom stereocenters. The predicted molar refractivity (Wildman–Crippen MR) is 83.3 cm³/mol. The lowest BCUT2D eigenvalue weighted by Crippen LogP contribution is -2.31. The molecule has 2 rings (SSSR count). The summed E-state index contributed by atoms with van der Waals surface area (Å²) in [6.45, 7) is 2.46. The Bertz CT molecular complexity index is 548. The first-order valence-corrected chi connectivity index (χ1v) is 9.23. The molecule has 21 heavy (non-hydrogen) atoms. The van der Waals surface area contributed by atoms with Crippen LogP contribution in [0.15, 0.2) is 29.2 Å². The van der Waals surface area contributed by atoms with E-state index in [1.165, 1.54) is 19.3 Å². The number of sulfonamides is 1. The van der Waals surface area contributed by atoms with Crippen LogP contribution < -0.4 is 4.72 Å². The van der Waals surface area contributed by atoms with Gasteiger partial charge >= 0.3 is 0 Å². The lowest BCUT2D eigenvalue weighted by Gasteiger charge is -2.27. The molecular formula is C16H25NO3S. The smallest absolute Gasteiger partial charge is 0.240 e. The van der Waals surface area contributed by atoms with Gasteiger partial charge in [-0.1, -0.05) is 44.4 Å². The first-order valence-electron chi connectivity index (χ1n) is 7.75. The lowest BCUT2D eigenvalue weighted by molar-refractivity contribution is 0.269. The van der Waals surface area contributed by atoms with Crippen LogP contribution in [0, 0.1) is 11.8 Å². The van der Waals surface area contributed by atoms with Gasteiger partial charge in [0.25, 0.3) is 0 Å². The van der Waals surface area contributed by atoms with Crippen LogP contribution in [-0.4, -0.2) is 20.1 Å². The average molecular weight is 311 g/mol. The molecular weight excluding hydrogens is 286 g/mol. The summed E-state index contributed by atoms with van der Waals surface area (Å²) >= 11 is 0. The van der Waals surface area contributed by atoms with Gasteiger partial charge < -0.3 is 5.11 Å². The van der Waals surface area contributed by atoms with Crippen LogP contribution in [0.2, 0.25) is 0 Å². The average Bonchev–Trinajstić information content (AvgIpc) is 2.53. The summed E-state index contributed by atoms with van der Waals surface area (Å²) in [7, 11) is -3.53. The molecule has 4 nitrogen and oxygen atoms in total. The Labute approximate surface area is 127 Å². The van der Waals surface area contributed by atoms with E-state index >= 15 is 0 Å². The molecule has 0 amide bonds. The van der Waals surface area contributed by atoms with Crippen molar-refractivity contribution in [3.8, 4) is 0 Å². The zero-order valence-electron chi connectivity index (χ0n) is 12.6. The van der Waals surface area contributed by atoms with Crippen molar-refractivity contribution in [3.05, 3.63) is 29.8 Å². The fraction of sp³-hybridized carbons (Fsp3) is 0.625. The van der Waals surface area contributed by atoms with Crippen molar-refractivity contribution in [2.45, 2.75) is 50.5 Å². The van der Waals surface area contributed by atoms with Gasteiger partial charge in [-0.25, -0.2) is 13.1 Å². The minimum Gasteiger partial charge on any atom is -0.392 e. The highest BCUT2D eigenvalue weighted by Gasteiger charge is 2.23. The van der Waals surface area contributed by atoms with E-state index in [0.717, 1.165) is 18.8 Å². The van der Waals surface area contributed by atoms with E-state index in [9.17, 15) is 13.5 Å². The minimum atomic E-state index is -3.53. The van der Waals surface area contributed by atoms with E-state index in [-0.39, 0.29) is 11.5 Å². The molecule has 5 heteroatoms. The predicted octanol–water partition coefficient (Wildman–Crippen LogP) is 2.67. The summed E-state index contributed by atoms with van der Waals surface area (Å²) in [6.07, 6.45) is 5.83. The van der Waals surface area contributed by atoms with E-state index in [2.05, 4.69) is 11.6 Å². The van der Waals surface area contributed by atoms with Crippen molar-refractivity contribution < 1.29 is 13.5 Å². The van der Waals surface area contributed by atoms with E-state index in [1.807, 2.05) is 0 Å². The van der Waals surface area contributed by atoms with Gasteiger partial charge in [0, 0.05) is 6.54 Å². The fourth-order valence-electron chi connectivity index (χ4n) is 3.05. The molecule has 1 fully saturated rings. The number of aliphatic hydroxyl groups is 1. The number of benzene rings is 1. The maximum atomic E-state index is 12.4. The quantitative estimate of drug-likeness (QED) is 0.849. The lowest BCUT2D eigenvalue weighted by atomic mass is 9.81. The second-order valence-corrected chi connectivity index (χ2v) is 7.65. The van der Waals surface area contributed by atoms with Crippen LogP contribution in [-0.2, 0) is 16.6 Å². The van der Waals surface area contributed by atoms with Gasteiger partial charge in [-0.15, -0.1) is 0 Å². The van der Waals surface area contributed by atoms with Gasteiger partial charge in [0.1, 0.15) is 0 Å². The second-order valence-electron chi connectivity index (χ2n) is 5.91. The Morgan fingerprint density at radius 3 is 2.38 bits per heavy atom. The molecule has 1 aromatic rings. The number of nitrogens with one attached hydrogen (secondary N) is 1. The maximum Gasteiger partial charge on any atom is 0.240 e. The SMILES string of the molecule is CCC1CCC(CNS(=O)(=O)c2ccccc2CO)CC1. The number of hydrogen-bond donors (Lipinski definition) is 2. The van der Waals surface area contributed by atoms with Crippen molar-refractivity contribution in [2.24, 2.45) is 11.8 Å². The molecule has 1 aliphatic carbocycles. The standard InChI is InChI=1S/C16H25NO3S/c1-2-13-7-9-14(10-8-13)11-17-21(19,20)16-6-4-3-5-15(16)12-18/h3-6,13-14,17-18H,2,7-12H2,1H3. The van der Waals surface area contributed by atoms with Crippen molar-refractivity contribution in [1.82, 2.24) is 4.72 Å². The number of hydrogen-bond acceptors (Lipinski definition) is 3. The monoisotopic (exact) mass is 311 g/mol. The third-order valence-corrected chi connectivity index (χ3v) is 6.06. The van der Waals surface area contributed by atoms with Gasteiger partial charge in [0.2, 0.25) is 10.0 Å². The number of rotatable bonds is 6. The third kappa shape index (κ3) is 4.28. The summed E-state index contributed by atoms with van der Waals surface area (Å²) in [5.41, 5.74) is 0.444. The third-order valence-electron chi connectivity index (χ3n) is 4.54. The first kappa shape index (κ1) is 16.5.